The van der Waals surface area contributed by atoms with Gasteiger partial charge >= 0.3 is 6.09 Å². The molecule has 0 radical (unpaired) electrons. The highest BCUT2D eigenvalue weighted by Crippen LogP contribution is 1.85. The van der Waals surface area contributed by atoms with Gasteiger partial charge in [-0.05, 0) is 6.42 Å². The summed E-state index contributed by atoms with van der Waals surface area (Å²) in [5.74, 6) is 0. The molecule has 6 heteroatoms. The molecule has 0 spiro atoms. The summed E-state index contributed by atoms with van der Waals surface area (Å²) in [4.78, 5) is 11.1. The average molecular weight is 249 g/mol. The predicted molar refractivity (Wildman–Crippen MR) is 63.0 cm³/mol. The van der Waals surface area contributed by atoms with E-state index in [1.54, 1.807) is 0 Å². The molecular formula is C11H23NO5. The van der Waals surface area contributed by atoms with Crippen molar-refractivity contribution in [3.05, 3.63) is 0 Å². The Bertz CT molecular complexity index is 177. The lowest BCUT2D eigenvalue weighted by molar-refractivity contribution is 0.0187. The number of amides is 1. The first-order valence-electron chi connectivity index (χ1n) is 5.98. The molecule has 0 rings (SSSR count). The summed E-state index contributed by atoms with van der Waals surface area (Å²) in [5.41, 5.74) is 0. The second-order valence-electron chi connectivity index (χ2n) is 3.36. The van der Waals surface area contributed by atoms with Crippen LogP contribution in [0.1, 0.15) is 19.8 Å². The zero-order valence-electron chi connectivity index (χ0n) is 10.4. The van der Waals surface area contributed by atoms with Crippen LogP contribution in [0.3, 0.4) is 0 Å². The number of aliphatic hydroxyl groups is 1. The Morgan fingerprint density at radius 1 is 1.12 bits per heavy atom. The van der Waals surface area contributed by atoms with Crippen LogP contribution in [-0.2, 0) is 14.2 Å². The van der Waals surface area contributed by atoms with Crippen LogP contribution < -0.4 is 5.32 Å². The Balaban J connectivity index is 3.08. The SMILES string of the molecule is CCCCNC(=O)OCCOCCOCCO. The first-order valence-corrected chi connectivity index (χ1v) is 5.98. The van der Waals surface area contributed by atoms with Crippen LogP contribution in [0.5, 0.6) is 0 Å². The van der Waals surface area contributed by atoms with Gasteiger partial charge in [-0.25, -0.2) is 4.79 Å². The summed E-state index contributed by atoms with van der Waals surface area (Å²) in [6, 6.07) is 0. The Morgan fingerprint density at radius 3 is 2.41 bits per heavy atom. The molecule has 0 aromatic carbocycles. The van der Waals surface area contributed by atoms with E-state index in [1.807, 2.05) is 0 Å². The van der Waals surface area contributed by atoms with E-state index in [1.165, 1.54) is 0 Å². The lowest BCUT2D eigenvalue weighted by Crippen LogP contribution is -2.26. The first-order chi connectivity index (χ1) is 8.31. The van der Waals surface area contributed by atoms with Crippen molar-refractivity contribution < 1.29 is 24.1 Å². The van der Waals surface area contributed by atoms with Crippen LogP contribution in [-0.4, -0.2) is 57.4 Å². The van der Waals surface area contributed by atoms with Crippen LogP contribution in [0.15, 0.2) is 0 Å². The molecule has 0 saturated carbocycles. The third-order valence-electron chi connectivity index (χ3n) is 1.87. The Labute approximate surface area is 102 Å². The molecule has 0 aromatic heterocycles. The number of carbonyl (C=O) groups is 1. The minimum Gasteiger partial charge on any atom is -0.447 e. The highest BCUT2D eigenvalue weighted by atomic mass is 16.6. The maximum absolute atomic E-state index is 11.1. The topological polar surface area (TPSA) is 77.0 Å². The fourth-order valence-electron chi connectivity index (χ4n) is 0.998. The maximum atomic E-state index is 11.1. The van der Waals surface area contributed by atoms with Gasteiger partial charge in [-0.3, -0.25) is 0 Å². The van der Waals surface area contributed by atoms with Gasteiger partial charge in [0.25, 0.3) is 0 Å². The minimum atomic E-state index is -0.404. The summed E-state index contributed by atoms with van der Waals surface area (Å²) in [5, 5.41) is 11.1. The summed E-state index contributed by atoms with van der Waals surface area (Å²) in [6.45, 7) is 4.48. The van der Waals surface area contributed by atoms with Gasteiger partial charge in [0.1, 0.15) is 6.61 Å². The van der Waals surface area contributed by atoms with Gasteiger partial charge in [-0.15, -0.1) is 0 Å². The van der Waals surface area contributed by atoms with Crippen molar-refractivity contribution in [2.75, 3.05) is 46.2 Å². The van der Waals surface area contributed by atoms with Gasteiger partial charge in [-0.2, -0.15) is 0 Å². The smallest absolute Gasteiger partial charge is 0.407 e. The lowest BCUT2D eigenvalue weighted by atomic mass is 10.3. The second kappa shape index (κ2) is 13.2. The standard InChI is InChI=1S/C11H23NO5/c1-2-3-4-12-11(14)17-10-9-16-8-7-15-6-5-13/h13H,2-10H2,1H3,(H,12,14). The minimum absolute atomic E-state index is 0.0149. The number of carbonyl (C=O) groups excluding carboxylic acids is 1. The van der Waals surface area contributed by atoms with Gasteiger partial charge in [0.15, 0.2) is 0 Å². The molecule has 17 heavy (non-hydrogen) atoms. The zero-order valence-corrected chi connectivity index (χ0v) is 10.4. The average Bonchev–Trinajstić information content (AvgIpc) is 2.33. The van der Waals surface area contributed by atoms with E-state index in [-0.39, 0.29) is 13.2 Å². The Kier molecular flexibility index (Phi) is 12.6. The van der Waals surface area contributed by atoms with E-state index >= 15 is 0 Å². The van der Waals surface area contributed by atoms with Gasteiger partial charge in [0.2, 0.25) is 0 Å². The van der Waals surface area contributed by atoms with Crippen molar-refractivity contribution in [3.63, 3.8) is 0 Å². The van der Waals surface area contributed by atoms with Crippen LogP contribution in [0.4, 0.5) is 4.79 Å². The second-order valence-corrected chi connectivity index (χ2v) is 3.36. The summed E-state index contributed by atoms with van der Waals surface area (Å²) >= 11 is 0. The molecule has 0 aromatic rings. The lowest BCUT2D eigenvalue weighted by Gasteiger charge is -2.07. The highest BCUT2D eigenvalue weighted by molar-refractivity contribution is 5.66. The summed E-state index contributed by atoms with van der Waals surface area (Å²) < 4.78 is 15.0. The largest absolute Gasteiger partial charge is 0.447 e. The third kappa shape index (κ3) is 13.1. The molecule has 0 unspecified atom stereocenters. The van der Waals surface area contributed by atoms with Crippen molar-refractivity contribution in [2.45, 2.75) is 19.8 Å². The zero-order chi connectivity index (χ0) is 12.8. The number of unbranched alkanes of at least 4 members (excludes halogenated alkanes) is 1. The summed E-state index contributed by atoms with van der Waals surface area (Å²) in [7, 11) is 0. The Morgan fingerprint density at radius 2 is 1.76 bits per heavy atom. The number of rotatable bonds is 11. The molecule has 102 valence electrons. The molecule has 0 bridgehead atoms. The molecule has 0 atom stereocenters. The van der Waals surface area contributed by atoms with E-state index < -0.39 is 6.09 Å². The van der Waals surface area contributed by atoms with Crippen LogP contribution in [0, 0.1) is 0 Å². The maximum Gasteiger partial charge on any atom is 0.407 e. The molecule has 1 amide bonds. The first kappa shape index (κ1) is 16.1. The number of aliphatic hydroxyl groups excluding tert-OH is 1. The van der Waals surface area contributed by atoms with E-state index in [0.29, 0.717) is 33.0 Å². The van der Waals surface area contributed by atoms with Crippen LogP contribution in [0.25, 0.3) is 0 Å². The molecule has 0 aliphatic heterocycles. The third-order valence-corrected chi connectivity index (χ3v) is 1.87. The van der Waals surface area contributed by atoms with E-state index in [0.717, 1.165) is 12.8 Å². The number of hydrogen-bond donors (Lipinski definition) is 2. The molecule has 0 heterocycles. The van der Waals surface area contributed by atoms with Crippen molar-refractivity contribution in [3.8, 4) is 0 Å². The number of alkyl carbamates (subject to hydrolysis) is 1. The van der Waals surface area contributed by atoms with Crippen molar-refractivity contribution >= 4 is 6.09 Å². The van der Waals surface area contributed by atoms with Crippen molar-refractivity contribution in [1.29, 1.82) is 0 Å². The molecule has 0 aliphatic rings. The Hall–Kier alpha value is -0.850. The van der Waals surface area contributed by atoms with Crippen LogP contribution in [0.2, 0.25) is 0 Å². The monoisotopic (exact) mass is 249 g/mol. The van der Waals surface area contributed by atoms with Gasteiger partial charge in [0, 0.05) is 6.54 Å². The number of hydrogen-bond acceptors (Lipinski definition) is 5. The van der Waals surface area contributed by atoms with Gasteiger partial charge in [0.05, 0.1) is 33.0 Å². The van der Waals surface area contributed by atoms with Crippen molar-refractivity contribution in [1.82, 2.24) is 5.32 Å². The summed E-state index contributed by atoms with van der Waals surface area (Å²) in [6.07, 6.45) is 1.59. The van der Waals surface area contributed by atoms with E-state index in [4.69, 9.17) is 19.3 Å². The molecule has 0 saturated heterocycles. The normalized spacial score (nSPS) is 10.2. The van der Waals surface area contributed by atoms with E-state index in [9.17, 15) is 4.79 Å². The molecule has 0 aliphatic carbocycles. The van der Waals surface area contributed by atoms with Gasteiger partial charge in [-0.1, -0.05) is 13.3 Å². The fraction of sp³-hybridized carbons (Fsp3) is 0.909. The molecule has 6 nitrogen and oxygen atoms in total. The van der Waals surface area contributed by atoms with Crippen molar-refractivity contribution in [2.24, 2.45) is 0 Å². The predicted octanol–water partition coefficient (Wildman–Crippen LogP) is 0.538. The molecule has 2 N–H and O–H groups in total. The number of nitrogens with one attached hydrogen (secondary N) is 1. The van der Waals surface area contributed by atoms with Gasteiger partial charge < -0.3 is 24.6 Å². The number of ether oxygens (including phenoxy) is 3. The fourth-order valence-corrected chi connectivity index (χ4v) is 0.998. The quantitative estimate of drug-likeness (QED) is 0.523. The van der Waals surface area contributed by atoms with E-state index in [2.05, 4.69) is 12.2 Å². The molecule has 0 fully saturated rings. The molecular weight excluding hydrogens is 226 g/mol. The highest BCUT2D eigenvalue weighted by Gasteiger charge is 1.99. The van der Waals surface area contributed by atoms with Crippen LogP contribution >= 0.6 is 0 Å².